The van der Waals surface area contributed by atoms with Crippen molar-refractivity contribution < 1.29 is 0 Å². The van der Waals surface area contributed by atoms with Gasteiger partial charge in [0, 0.05) is 12.6 Å². The Balaban J connectivity index is 1.71. The summed E-state index contributed by atoms with van der Waals surface area (Å²) in [5.41, 5.74) is 0.570. The van der Waals surface area contributed by atoms with Crippen LogP contribution >= 0.6 is 0 Å². The Morgan fingerprint density at radius 1 is 1.31 bits per heavy atom. The van der Waals surface area contributed by atoms with Crippen molar-refractivity contribution in [1.82, 2.24) is 10.6 Å². The van der Waals surface area contributed by atoms with Gasteiger partial charge in [-0.15, -0.1) is 0 Å². The van der Waals surface area contributed by atoms with Gasteiger partial charge in [0.05, 0.1) is 0 Å². The summed E-state index contributed by atoms with van der Waals surface area (Å²) in [5, 5.41) is 7.13. The van der Waals surface area contributed by atoms with E-state index in [1.54, 1.807) is 0 Å². The van der Waals surface area contributed by atoms with Crippen molar-refractivity contribution >= 4 is 0 Å². The summed E-state index contributed by atoms with van der Waals surface area (Å²) >= 11 is 0. The zero-order valence-corrected chi connectivity index (χ0v) is 8.73. The fourth-order valence-corrected chi connectivity index (χ4v) is 2.21. The Bertz CT molecular complexity index is 157. The van der Waals surface area contributed by atoms with Gasteiger partial charge < -0.3 is 10.6 Å². The molecular formula is C11H22N2. The van der Waals surface area contributed by atoms with Gasteiger partial charge in [-0.05, 0) is 44.2 Å². The third kappa shape index (κ3) is 2.44. The van der Waals surface area contributed by atoms with E-state index in [1.165, 1.54) is 51.7 Å². The van der Waals surface area contributed by atoms with Crippen molar-refractivity contribution in [3.63, 3.8) is 0 Å². The van der Waals surface area contributed by atoms with Crippen LogP contribution in [0, 0.1) is 5.41 Å². The Labute approximate surface area is 81.5 Å². The molecule has 1 aliphatic heterocycles. The normalized spacial score (nSPS) is 28.4. The lowest BCUT2D eigenvalue weighted by Crippen LogP contribution is -2.45. The molecule has 0 atom stereocenters. The van der Waals surface area contributed by atoms with Gasteiger partial charge in [0.2, 0.25) is 0 Å². The van der Waals surface area contributed by atoms with Crippen LogP contribution in [0.1, 0.15) is 39.0 Å². The van der Waals surface area contributed by atoms with E-state index >= 15 is 0 Å². The highest BCUT2D eigenvalue weighted by Gasteiger charge is 2.28. The van der Waals surface area contributed by atoms with E-state index in [-0.39, 0.29) is 0 Å². The third-order valence-corrected chi connectivity index (χ3v) is 3.73. The van der Waals surface area contributed by atoms with Gasteiger partial charge in [-0.2, -0.15) is 0 Å². The molecule has 1 saturated heterocycles. The summed E-state index contributed by atoms with van der Waals surface area (Å²) < 4.78 is 0. The van der Waals surface area contributed by atoms with Crippen molar-refractivity contribution in [2.24, 2.45) is 5.41 Å². The number of hydrogen-bond acceptors (Lipinski definition) is 2. The van der Waals surface area contributed by atoms with Gasteiger partial charge in [0.1, 0.15) is 0 Å². The minimum atomic E-state index is 0.570. The van der Waals surface area contributed by atoms with E-state index < -0.39 is 0 Å². The maximum atomic E-state index is 3.70. The summed E-state index contributed by atoms with van der Waals surface area (Å²) in [5.74, 6) is 0. The zero-order chi connectivity index (χ0) is 9.15. The second-order valence-corrected chi connectivity index (χ2v) is 5.07. The summed E-state index contributed by atoms with van der Waals surface area (Å²) in [6.45, 7) is 6.09. The molecule has 2 fully saturated rings. The van der Waals surface area contributed by atoms with Crippen molar-refractivity contribution in [2.75, 3.05) is 19.6 Å². The molecule has 2 rings (SSSR count). The fourth-order valence-electron chi connectivity index (χ4n) is 2.21. The Morgan fingerprint density at radius 3 is 2.54 bits per heavy atom. The summed E-state index contributed by atoms with van der Waals surface area (Å²) in [7, 11) is 0. The van der Waals surface area contributed by atoms with E-state index in [1.807, 2.05) is 0 Å². The smallest absolute Gasteiger partial charge is 0.00673 e. The van der Waals surface area contributed by atoms with Gasteiger partial charge >= 0.3 is 0 Å². The highest BCUT2D eigenvalue weighted by atomic mass is 15.0. The van der Waals surface area contributed by atoms with Gasteiger partial charge in [-0.3, -0.25) is 0 Å². The first-order valence-corrected chi connectivity index (χ1v) is 5.73. The topological polar surface area (TPSA) is 24.1 Å². The Kier molecular flexibility index (Phi) is 2.89. The minimum Gasteiger partial charge on any atom is -0.317 e. The number of piperidine rings is 1. The highest BCUT2D eigenvalue weighted by Crippen LogP contribution is 2.28. The Morgan fingerprint density at radius 2 is 2.00 bits per heavy atom. The molecule has 0 aromatic heterocycles. The molecule has 76 valence electrons. The molecule has 0 spiro atoms. The van der Waals surface area contributed by atoms with Crippen LogP contribution in [-0.2, 0) is 0 Å². The van der Waals surface area contributed by atoms with Crippen LogP contribution in [0.5, 0.6) is 0 Å². The number of rotatable bonds is 3. The van der Waals surface area contributed by atoms with Gasteiger partial charge in [0.15, 0.2) is 0 Å². The van der Waals surface area contributed by atoms with Crippen LogP contribution in [0.25, 0.3) is 0 Å². The van der Waals surface area contributed by atoms with Crippen molar-refractivity contribution in [1.29, 1.82) is 0 Å². The second-order valence-electron chi connectivity index (χ2n) is 5.07. The molecule has 0 bridgehead atoms. The molecule has 2 aliphatic rings. The quantitative estimate of drug-likeness (QED) is 0.691. The van der Waals surface area contributed by atoms with E-state index in [2.05, 4.69) is 17.6 Å². The molecule has 1 heterocycles. The standard InChI is InChI=1S/C11H22N2/c1-11(5-7-12-8-6-11)9-13-10-3-2-4-10/h10,12-13H,2-9H2,1H3. The molecule has 2 nitrogen and oxygen atoms in total. The third-order valence-electron chi connectivity index (χ3n) is 3.73. The van der Waals surface area contributed by atoms with Crippen LogP contribution in [-0.4, -0.2) is 25.7 Å². The molecular weight excluding hydrogens is 160 g/mol. The maximum absolute atomic E-state index is 3.70. The van der Waals surface area contributed by atoms with Gasteiger partial charge in [-0.25, -0.2) is 0 Å². The molecule has 13 heavy (non-hydrogen) atoms. The van der Waals surface area contributed by atoms with E-state index in [9.17, 15) is 0 Å². The molecule has 1 aliphatic carbocycles. The van der Waals surface area contributed by atoms with Crippen LogP contribution in [0.15, 0.2) is 0 Å². The van der Waals surface area contributed by atoms with E-state index in [0.29, 0.717) is 5.41 Å². The van der Waals surface area contributed by atoms with Crippen LogP contribution in [0.4, 0.5) is 0 Å². The molecule has 1 saturated carbocycles. The van der Waals surface area contributed by atoms with Crippen molar-refractivity contribution in [2.45, 2.75) is 45.1 Å². The largest absolute Gasteiger partial charge is 0.317 e. The zero-order valence-electron chi connectivity index (χ0n) is 8.73. The monoisotopic (exact) mass is 182 g/mol. The number of nitrogens with one attached hydrogen (secondary N) is 2. The first kappa shape index (κ1) is 9.47. The first-order chi connectivity index (χ1) is 6.29. The molecule has 2 heteroatoms. The van der Waals surface area contributed by atoms with Crippen LogP contribution in [0.3, 0.4) is 0 Å². The van der Waals surface area contributed by atoms with E-state index in [0.717, 1.165) is 6.04 Å². The Hall–Kier alpha value is -0.0800. The lowest BCUT2D eigenvalue weighted by molar-refractivity contribution is 0.195. The SMILES string of the molecule is CC1(CNC2CCC2)CCNCC1. The van der Waals surface area contributed by atoms with Crippen LogP contribution < -0.4 is 10.6 Å². The average molecular weight is 182 g/mol. The predicted molar refractivity (Wildman–Crippen MR) is 55.9 cm³/mol. The summed E-state index contributed by atoms with van der Waals surface area (Å²) in [6, 6.07) is 0.853. The molecule has 0 aromatic carbocycles. The maximum Gasteiger partial charge on any atom is 0.00673 e. The minimum absolute atomic E-state index is 0.570. The van der Waals surface area contributed by atoms with Gasteiger partial charge in [0.25, 0.3) is 0 Å². The second kappa shape index (κ2) is 3.97. The molecule has 0 aromatic rings. The van der Waals surface area contributed by atoms with Crippen LogP contribution in [0.2, 0.25) is 0 Å². The van der Waals surface area contributed by atoms with E-state index in [4.69, 9.17) is 0 Å². The van der Waals surface area contributed by atoms with Crippen molar-refractivity contribution in [3.8, 4) is 0 Å². The number of hydrogen-bond donors (Lipinski definition) is 2. The summed E-state index contributed by atoms with van der Waals surface area (Å²) in [6.07, 6.45) is 6.94. The molecule has 0 amide bonds. The first-order valence-electron chi connectivity index (χ1n) is 5.73. The molecule has 0 unspecified atom stereocenters. The molecule has 0 radical (unpaired) electrons. The lowest BCUT2D eigenvalue weighted by atomic mass is 9.80. The predicted octanol–water partition coefficient (Wildman–Crippen LogP) is 1.52. The highest BCUT2D eigenvalue weighted by molar-refractivity contribution is 4.85. The average Bonchev–Trinajstić information content (AvgIpc) is 2.02. The van der Waals surface area contributed by atoms with Crippen molar-refractivity contribution in [3.05, 3.63) is 0 Å². The summed E-state index contributed by atoms with van der Waals surface area (Å²) in [4.78, 5) is 0. The molecule has 2 N–H and O–H groups in total. The fraction of sp³-hybridized carbons (Fsp3) is 1.00. The van der Waals surface area contributed by atoms with Gasteiger partial charge in [-0.1, -0.05) is 13.3 Å². The lowest BCUT2D eigenvalue weighted by Gasteiger charge is -2.37.